The van der Waals surface area contributed by atoms with E-state index in [2.05, 4.69) is 35.6 Å². The lowest BCUT2D eigenvalue weighted by Crippen LogP contribution is -2.25. The molecule has 2 aromatic carbocycles. The van der Waals surface area contributed by atoms with Crippen molar-refractivity contribution in [3.05, 3.63) is 78.4 Å². The SMILES string of the molecule is COCCN1C[C@H](c2ccc(F)cc2)[C@@H](n2nnc3cc(-c4ccnc(Nc5ccnn5C)n4)ccc32)C1. The second-order valence-corrected chi connectivity index (χ2v) is 9.45. The molecule has 4 heterocycles. The van der Waals surface area contributed by atoms with E-state index in [1.54, 1.807) is 24.2 Å². The average Bonchev–Trinajstić information content (AvgIpc) is 3.66. The number of nitrogens with one attached hydrogen (secondary N) is 1. The van der Waals surface area contributed by atoms with Crippen LogP contribution in [0, 0.1) is 5.82 Å². The minimum atomic E-state index is -0.235. The van der Waals surface area contributed by atoms with Crippen LogP contribution in [-0.4, -0.2) is 73.0 Å². The molecule has 3 aromatic heterocycles. The molecule has 1 saturated heterocycles. The van der Waals surface area contributed by atoms with E-state index in [1.807, 2.05) is 54.2 Å². The van der Waals surface area contributed by atoms with E-state index in [0.29, 0.717) is 12.6 Å². The molecule has 11 heteroatoms. The molecule has 0 saturated carbocycles. The molecule has 5 aromatic rings. The van der Waals surface area contributed by atoms with Crippen LogP contribution in [0.3, 0.4) is 0 Å². The van der Waals surface area contributed by atoms with Gasteiger partial charge in [0.15, 0.2) is 0 Å². The van der Waals surface area contributed by atoms with E-state index >= 15 is 0 Å². The third kappa shape index (κ3) is 4.73. The van der Waals surface area contributed by atoms with Crippen LogP contribution in [0.4, 0.5) is 16.2 Å². The molecule has 0 spiro atoms. The highest BCUT2D eigenvalue weighted by molar-refractivity contribution is 5.81. The number of rotatable bonds is 8. The molecule has 0 aliphatic carbocycles. The zero-order valence-corrected chi connectivity index (χ0v) is 21.2. The van der Waals surface area contributed by atoms with Crippen molar-refractivity contribution >= 4 is 22.8 Å². The third-order valence-corrected chi connectivity index (χ3v) is 7.07. The van der Waals surface area contributed by atoms with Crippen LogP contribution in [0.1, 0.15) is 17.5 Å². The van der Waals surface area contributed by atoms with Gasteiger partial charge in [-0.05, 0) is 35.9 Å². The van der Waals surface area contributed by atoms with Crippen molar-refractivity contribution in [2.24, 2.45) is 7.05 Å². The van der Waals surface area contributed by atoms with Crippen LogP contribution in [-0.2, 0) is 11.8 Å². The third-order valence-electron chi connectivity index (χ3n) is 7.07. The first-order valence-electron chi connectivity index (χ1n) is 12.5. The molecule has 1 aliphatic heterocycles. The van der Waals surface area contributed by atoms with Crippen molar-refractivity contribution in [2.75, 3.05) is 38.7 Å². The summed E-state index contributed by atoms with van der Waals surface area (Å²) in [6.07, 6.45) is 3.44. The Hall–Kier alpha value is -4.22. The first-order valence-corrected chi connectivity index (χ1v) is 12.5. The van der Waals surface area contributed by atoms with E-state index in [4.69, 9.17) is 4.74 Å². The van der Waals surface area contributed by atoms with E-state index < -0.39 is 0 Å². The minimum Gasteiger partial charge on any atom is -0.383 e. The number of methoxy groups -OCH3 is 1. The van der Waals surface area contributed by atoms with Crippen molar-refractivity contribution < 1.29 is 9.13 Å². The van der Waals surface area contributed by atoms with Crippen LogP contribution in [0.2, 0.25) is 0 Å². The van der Waals surface area contributed by atoms with Gasteiger partial charge in [-0.15, -0.1) is 5.10 Å². The van der Waals surface area contributed by atoms with Crippen molar-refractivity contribution in [1.82, 2.24) is 39.6 Å². The van der Waals surface area contributed by atoms with Gasteiger partial charge in [-0.1, -0.05) is 23.4 Å². The Morgan fingerprint density at radius 1 is 1.05 bits per heavy atom. The van der Waals surface area contributed by atoms with Gasteiger partial charge in [0.25, 0.3) is 0 Å². The summed E-state index contributed by atoms with van der Waals surface area (Å²) in [7, 11) is 3.56. The zero-order valence-electron chi connectivity index (χ0n) is 21.2. The zero-order chi connectivity index (χ0) is 26.1. The van der Waals surface area contributed by atoms with Crippen molar-refractivity contribution in [3.63, 3.8) is 0 Å². The molecule has 10 nitrogen and oxygen atoms in total. The molecule has 1 N–H and O–H groups in total. The summed E-state index contributed by atoms with van der Waals surface area (Å²) >= 11 is 0. The van der Waals surface area contributed by atoms with Crippen LogP contribution < -0.4 is 5.32 Å². The molecule has 0 radical (unpaired) electrons. The summed E-state index contributed by atoms with van der Waals surface area (Å²) in [5.74, 6) is 1.20. The monoisotopic (exact) mass is 513 g/mol. The summed E-state index contributed by atoms with van der Waals surface area (Å²) in [5.41, 5.74) is 4.52. The van der Waals surface area contributed by atoms with Crippen molar-refractivity contribution in [1.29, 1.82) is 0 Å². The highest BCUT2D eigenvalue weighted by Crippen LogP contribution is 2.37. The Morgan fingerprint density at radius 3 is 2.71 bits per heavy atom. The Morgan fingerprint density at radius 2 is 1.92 bits per heavy atom. The summed E-state index contributed by atoms with van der Waals surface area (Å²) in [5, 5.41) is 16.4. The highest BCUT2D eigenvalue weighted by atomic mass is 19.1. The number of benzene rings is 2. The Kier molecular flexibility index (Phi) is 6.52. The number of aryl methyl sites for hydroxylation is 1. The lowest BCUT2D eigenvalue weighted by molar-refractivity contribution is 0.158. The molecule has 2 atom stereocenters. The lowest BCUT2D eigenvalue weighted by atomic mass is 9.94. The van der Waals surface area contributed by atoms with Crippen LogP contribution >= 0.6 is 0 Å². The number of nitrogens with zero attached hydrogens (tertiary/aromatic N) is 8. The first kappa shape index (κ1) is 24.1. The summed E-state index contributed by atoms with van der Waals surface area (Å²) < 4.78 is 22.7. The number of hydrogen-bond acceptors (Lipinski definition) is 8. The fourth-order valence-corrected chi connectivity index (χ4v) is 5.09. The van der Waals surface area contributed by atoms with Crippen LogP contribution in [0.15, 0.2) is 67.0 Å². The predicted octanol–water partition coefficient (Wildman–Crippen LogP) is 3.79. The number of hydrogen-bond donors (Lipinski definition) is 1. The number of fused-ring (bicyclic) bond motifs is 1. The van der Waals surface area contributed by atoms with Gasteiger partial charge in [-0.3, -0.25) is 9.58 Å². The molecule has 0 bridgehead atoms. The fraction of sp³-hybridized carbons (Fsp3) is 0.296. The Labute approximate surface area is 219 Å². The maximum atomic E-state index is 13.6. The summed E-state index contributed by atoms with van der Waals surface area (Å²) in [6.45, 7) is 3.12. The maximum Gasteiger partial charge on any atom is 0.228 e. The lowest BCUT2D eigenvalue weighted by Gasteiger charge is -2.19. The molecule has 1 fully saturated rings. The molecular formula is C27H28FN9O. The quantitative estimate of drug-likeness (QED) is 0.335. The van der Waals surface area contributed by atoms with Crippen molar-refractivity contribution in [2.45, 2.75) is 12.0 Å². The standard InChI is InChI=1S/C27H28FN9O/c1-35-26(10-12-30-35)32-27-29-11-9-22(31-27)19-5-8-24-23(15-19)33-34-37(24)25-17-36(13-14-38-2)16-21(25)18-3-6-20(28)7-4-18/h3-12,15,21,25H,13-14,16-17H2,1-2H3,(H,29,31,32)/t21-,25+/m1/s1. The predicted molar refractivity (Wildman–Crippen MR) is 142 cm³/mol. The summed E-state index contributed by atoms with van der Waals surface area (Å²) in [6, 6.07) is 16.6. The van der Waals surface area contributed by atoms with Gasteiger partial charge in [0.1, 0.15) is 17.2 Å². The van der Waals surface area contributed by atoms with Gasteiger partial charge in [0.2, 0.25) is 5.95 Å². The van der Waals surface area contributed by atoms with E-state index in [1.165, 1.54) is 12.1 Å². The van der Waals surface area contributed by atoms with E-state index in [0.717, 1.165) is 53.3 Å². The molecule has 194 valence electrons. The topological polar surface area (TPSA) is 98.8 Å². The molecule has 1 aliphatic rings. The van der Waals surface area contributed by atoms with Crippen LogP contribution in [0.25, 0.3) is 22.3 Å². The van der Waals surface area contributed by atoms with Gasteiger partial charge in [-0.2, -0.15) is 5.10 Å². The Bertz CT molecular complexity index is 1550. The highest BCUT2D eigenvalue weighted by Gasteiger charge is 2.36. The number of ether oxygens (including phenoxy) is 1. The van der Waals surface area contributed by atoms with Gasteiger partial charge >= 0.3 is 0 Å². The smallest absolute Gasteiger partial charge is 0.228 e. The largest absolute Gasteiger partial charge is 0.383 e. The number of aromatic nitrogens is 7. The van der Waals surface area contributed by atoms with Crippen molar-refractivity contribution in [3.8, 4) is 11.3 Å². The minimum absolute atomic E-state index is 0.0573. The average molecular weight is 514 g/mol. The van der Waals surface area contributed by atoms with Gasteiger partial charge in [0, 0.05) is 57.5 Å². The summed E-state index contributed by atoms with van der Waals surface area (Å²) in [4.78, 5) is 11.4. The molecule has 38 heavy (non-hydrogen) atoms. The second-order valence-electron chi connectivity index (χ2n) is 9.45. The molecular weight excluding hydrogens is 485 g/mol. The van der Waals surface area contributed by atoms with Crippen LogP contribution in [0.5, 0.6) is 0 Å². The maximum absolute atomic E-state index is 13.6. The fourth-order valence-electron chi connectivity index (χ4n) is 5.09. The first-order chi connectivity index (χ1) is 18.6. The normalized spacial score (nSPS) is 17.9. The van der Waals surface area contributed by atoms with Gasteiger partial charge in [0.05, 0.1) is 30.1 Å². The molecule has 0 unspecified atom stereocenters. The van der Waals surface area contributed by atoms with Gasteiger partial charge < -0.3 is 10.1 Å². The van der Waals surface area contributed by atoms with E-state index in [9.17, 15) is 4.39 Å². The molecule has 0 amide bonds. The molecule has 6 rings (SSSR count). The van der Waals surface area contributed by atoms with Gasteiger partial charge in [-0.25, -0.2) is 19.0 Å². The van der Waals surface area contributed by atoms with E-state index in [-0.39, 0.29) is 17.8 Å². The second kappa shape index (κ2) is 10.3. The number of likely N-dealkylation sites (tertiary alicyclic amines) is 1. The number of anilines is 2. The number of halogens is 1. The Balaban J connectivity index is 1.30.